The minimum absolute atomic E-state index is 0.156. The number of benzene rings is 1. The van der Waals surface area contributed by atoms with Crippen molar-refractivity contribution in [3.63, 3.8) is 0 Å². The Morgan fingerprint density at radius 2 is 2.17 bits per heavy atom. The molecule has 0 amide bonds. The topological polar surface area (TPSA) is 72.5 Å². The quantitative estimate of drug-likeness (QED) is 0.808. The molecule has 0 radical (unpaired) electrons. The van der Waals surface area contributed by atoms with Crippen LogP contribution in [0, 0.1) is 0 Å². The first-order chi connectivity index (χ1) is 8.43. The van der Waals surface area contributed by atoms with Crippen molar-refractivity contribution in [2.45, 2.75) is 13.3 Å². The molecule has 100 valence electrons. The summed E-state index contributed by atoms with van der Waals surface area (Å²) in [5.74, 6) is -0.810. The standard InChI is InChI=1S/C11H14BrNO4S/c1-2-17-11(14)6-7-18(15,16)13-10-5-3-4-9(12)8-10/h3-5,8,13H,2,6-7H2,1H3. The number of ether oxygens (including phenoxy) is 1. The molecule has 7 heteroatoms. The normalized spacial score (nSPS) is 11.0. The molecule has 18 heavy (non-hydrogen) atoms. The molecule has 0 aliphatic carbocycles. The number of carbonyl (C=O) groups excluding carboxylic acids is 1. The van der Waals surface area contributed by atoms with E-state index in [-0.39, 0.29) is 18.8 Å². The van der Waals surface area contributed by atoms with Crippen molar-refractivity contribution >= 4 is 37.6 Å². The fourth-order valence-corrected chi connectivity index (χ4v) is 2.66. The summed E-state index contributed by atoms with van der Waals surface area (Å²) in [5, 5.41) is 0. The molecule has 0 aliphatic heterocycles. The Hall–Kier alpha value is -1.08. The van der Waals surface area contributed by atoms with Gasteiger partial charge in [-0.2, -0.15) is 0 Å². The van der Waals surface area contributed by atoms with Gasteiger partial charge in [-0.25, -0.2) is 8.42 Å². The number of hydrogen-bond donors (Lipinski definition) is 1. The average Bonchev–Trinajstić information content (AvgIpc) is 2.26. The van der Waals surface area contributed by atoms with Crippen LogP contribution in [0.15, 0.2) is 28.7 Å². The van der Waals surface area contributed by atoms with Crippen molar-refractivity contribution in [2.75, 3.05) is 17.1 Å². The predicted octanol–water partition coefficient (Wildman–Crippen LogP) is 2.14. The summed E-state index contributed by atoms with van der Waals surface area (Å²) < 4.78 is 31.2. The molecule has 1 N–H and O–H groups in total. The fraction of sp³-hybridized carbons (Fsp3) is 0.364. The number of hydrogen-bond acceptors (Lipinski definition) is 4. The van der Waals surface area contributed by atoms with Crippen molar-refractivity contribution in [1.29, 1.82) is 0 Å². The number of sulfonamides is 1. The van der Waals surface area contributed by atoms with E-state index in [4.69, 9.17) is 0 Å². The lowest BCUT2D eigenvalue weighted by atomic mass is 10.3. The molecule has 0 spiro atoms. The molecular weight excluding hydrogens is 322 g/mol. The van der Waals surface area contributed by atoms with Gasteiger partial charge in [-0.1, -0.05) is 22.0 Å². The molecule has 0 heterocycles. The van der Waals surface area contributed by atoms with E-state index in [0.29, 0.717) is 5.69 Å². The van der Waals surface area contributed by atoms with Gasteiger partial charge in [0.1, 0.15) is 0 Å². The second-order valence-electron chi connectivity index (χ2n) is 3.49. The molecule has 5 nitrogen and oxygen atoms in total. The van der Waals surface area contributed by atoms with E-state index in [1.54, 1.807) is 31.2 Å². The van der Waals surface area contributed by atoms with Gasteiger partial charge in [0.2, 0.25) is 10.0 Å². The zero-order chi connectivity index (χ0) is 13.6. The monoisotopic (exact) mass is 335 g/mol. The van der Waals surface area contributed by atoms with Crippen LogP contribution in [0.4, 0.5) is 5.69 Å². The Morgan fingerprint density at radius 3 is 2.78 bits per heavy atom. The lowest BCUT2D eigenvalue weighted by molar-refractivity contribution is -0.142. The minimum Gasteiger partial charge on any atom is -0.466 e. The van der Waals surface area contributed by atoms with Crippen molar-refractivity contribution in [3.05, 3.63) is 28.7 Å². The lowest BCUT2D eigenvalue weighted by Crippen LogP contribution is -2.19. The molecule has 1 aromatic carbocycles. The Morgan fingerprint density at radius 1 is 1.44 bits per heavy atom. The number of carbonyl (C=O) groups is 1. The van der Waals surface area contributed by atoms with Gasteiger partial charge >= 0.3 is 5.97 Å². The lowest BCUT2D eigenvalue weighted by Gasteiger charge is -2.08. The van der Waals surface area contributed by atoms with Crippen LogP contribution in [0.3, 0.4) is 0 Å². The Labute approximate surface area is 115 Å². The van der Waals surface area contributed by atoms with Crippen LogP contribution in [0.1, 0.15) is 13.3 Å². The largest absolute Gasteiger partial charge is 0.466 e. The van der Waals surface area contributed by atoms with Gasteiger partial charge in [-0.15, -0.1) is 0 Å². The molecule has 0 unspecified atom stereocenters. The van der Waals surface area contributed by atoms with Crippen LogP contribution in [-0.4, -0.2) is 26.7 Å². The third kappa shape index (κ3) is 5.50. The maximum Gasteiger partial charge on any atom is 0.306 e. The molecule has 0 atom stereocenters. The van der Waals surface area contributed by atoms with E-state index in [1.165, 1.54) is 0 Å². The third-order valence-corrected chi connectivity index (χ3v) is 3.76. The smallest absolute Gasteiger partial charge is 0.306 e. The summed E-state index contributed by atoms with van der Waals surface area (Å²) in [6.07, 6.45) is -0.156. The Balaban J connectivity index is 2.57. The van der Waals surface area contributed by atoms with Gasteiger partial charge in [0.05, 0.1) is 18.8 Å². The number of nitrogens with one attached hydrogen (secondary N) is 1. The van der Waals surface area contributed by atoms with Crippen LogP contribution in [-0.2, 0) is 19.6 Å². The summed E-state index contributed by atoms with van der Waals surface area (Å²) in [4.78, 5) is 11.1. The van der Waals surface area contributed by atoms with E-state index >= 15 is 0 Å². The average molecular weight is 336 g/mol. The van der Waals surface area contributed by atoms with Crippen LogP contribution in [0.25, 0.3) is 0 Å². The zero-order valence-electron chi connectivity index (χ0n) is 9.85. The van der Waals surface area contributed by atoms with Gasteiger partial charge in [-0.05, 0) is 25.1 Å². The summed E-state index contributed by atoms with van der Waals surface area (Å²) in [6, 6.07) is 6.78. The highest BCUT2D eigenvalue weighted by Gasteiger charge is 2.14. The number of esters is 1. The molecule has 1 aromatic rings. The van der Waals surface area contributed by atoms with Crippen LogP contribution in [0.2, 0.25) is 0 Å². The maximum absolute atomic E-state index is 11.7. The molecule has 0 aliphatic rings. The number of halogens is 1. The molecule has 0 saturated heterocycles. The highest BCUT2D eigenvalue weighted by Crippen LogP contribution is 2.16. The first-order valence-electron chi connectivity index (χ1n) is 5.34. The second kappa shape index (κ2) is 6.75. The van der Waals surface area contributed by atoms with E-state index in [2.05, 4.69) is 25.4 Å². The van der Waals surface area contributed by atoms with E-state index in [1.807, 2.05) is 0 Å². The van der Waals surface area contributed by atoms with Gasteiger partial charge in [0, 0.05) is 10.2 Å². The van der Waals surface area contributed by atoms with Crippen LogP contribution < -0.4 is 4.72 Å². The summed E-state index contributed by atoms with van der Waals surface area (Å²) in [6.45, 7) is 1.92. The van der Waals surface area contributed by atoms with Crippen LogP contribution in [0.5, 0.6) is 0 Å². The molecule has 0 bridgehead atoms. The second-order valence-corrected chi connectivity index (χ2v) is 6.24. The van der Waals surface area contributed by atoms with Crippen molar-refractivity contribution < 1.29 is 17.9 Å². The summed E-state index contributed by atoms with van der Waals surface area (Å²) >= 11 is 3.24. The highest BCUT2D eigenvalue weighted by molar-refractivity contribution is 9.10. The van der Waals surface area contributed by atoms with Gasteiger partial charge in [0.25, 0.3) is 0 Å². The maximum atomic E-state index is 11.7. The minimum atomic E-state index is -3.54. The van der Waals surface area contributed by atoms with Gasteiger partial charge in [0.15, 0.2) is 0 Å². The Bertz CT molecular complexity index is 516. The number of anilines is 1. The summed E-state index contributed by atoms with van der Waals surface area (Å²) in [5.41, 5.74) is 0.452. The SMILES string of the molecule is CCOC(=O)CCS(=O)(=O)Nc1cccc(Br)c1. The first kappa shape index (κ1) is 15.0. The van der Waals surface area contributed by atoms with Gasteiger partial charge in [-0.3, -0.25) is 9.52 Å². The number of rotatable bonds is 6. The van der Waals surface area contributed by atoms with Crippen LogP contribution >= 0.6 is 15.9 Å². The van der Waals surface area contributed by atoms with Gasteiger partial charge < -0.3 is 4.74 Å². The van der Waals surface area contributed by atoms with E-state index in [0.717, 1.165) is 4.47 Å². The third-order valence-electron chi connectivity index (χ3n) is 1.98. The van der Waals surface area contributed by atoms with Crippen molar-refractivity contribution in [2.24, 2.45) is 0 Å². The molecular formula is C11H14BrNO4S. The van der Waals surface area contributed by atoms with E-state index in [9.17, 15) is 13.2 Å². The summed E-state index contributed by atoms with van der Waals surface area (Å²) in [7, 11) is -3.54. The van der Waals surface area contributed by atoms with Crippen molar-refractivity contribution in [3.8, 4) is 0 Å². The Kier molecular flexibility index (Phi) is 5.61. The van der Waals surface area contributed by atoms with Crippen molar-refractivity contribution in [1.82, 2.24) is 0 Å². The molecule has 0 fully saturated rings. The highest BCUT2D eigenvalue weighted by atomic mass is 79.9. The van der Waals surface area contributed by atoms with E-state index < -0.39 is 16.0 Å². The zero-order valence-corrected chi connectivity index (χ0v) is 12.3. The molecule has 0 saturated carbocycles. The fourth-order valence-electron chi connectivity index (χ4n) is 1.23. The predicted molar refractivity (Wildman–Crippen MR) is 72.8 cm³/mol. The molecule has 1 rings (SSSR count). The first-order valence-corrected chi connectivity index (χ1v) is 7.79. The molecule has 0 aromatic heterocycles.